The van der Waals surface area contributed by atoms with Gasteiger partial charge in [-0.1, -0.05) is 133 Å². The van der Waals surface area contributed by atoms with Crippen molar-refractivity contribution in [2.24, 2.45) is 0 Å². The van der Waals surface area contributed by atoms with Gasteiger partial charge in [-0.2, -0.15) is 0 Å². The molecule has 3 heteroatoms. The highest BCUT2D eigenvalue weighted by Gasteiger charge is 2.22. The van der Waals surface area contributed by atoms with Gasteiger partial charge in [0.1, 0.15) is 5.75 Å². The number of anilines is 6. The van der Waals surface area contributed by atoms with Crippen molar-refractivity contribution >= 4 is 34.1 Å². The van der Waals surface area contributed by atoms with Gasteiger partial charge in [0.25, 0.3) is 0 Å². The molecule has 0 aliphatic rings. The molecule has 0 heterocycles. The van der Waals surface area contributed by atoms with E-state index in [0.717, 1.165) is 56.4 Å². The molecule has 0 aliphatic heterocycles. The highest BCUT2D eigenvalue weighted by molar-refractivity contribution is 5.92. The normalized spacial score (nSPS) is 10.8. The molecule has 0 fully saturated rings. The number of aromatic hydroxyl groups is 1. The Morgan fingerprint density at radius 1 is 0.311 bits per heavy atom. The van der Waals surface area contributed by atoms with E-state index >= 15 is 0 Å². The first-order chi connectivity index (χ1) is 22.3. The summed E-state index contributed by atoms with van der Waals surface area (Å²) in [5.74, 6) is 0.179. The first kappa shape index (κ1) is 27.8. The smallest absolute Gasteiger partial charge is 0.119 e. The molecule has 0 radical (unpaired) electrons. The first-order valence-electron chi connectivity index (χ1n) is 15.1. The molecule has 0 spiro atoms. The lowest BCUT2D eigenvalue weighted by molar-refractivity contribution is 0.475. The van der Waals surface area contributed by atoms with Gasteiger partial charge in [-0.25, -0.2) is 0 Å². The van der Waals surface area contributed by atoms with Gasteiger partial charge < -0.3 is 14.9 Å². The third-order valence-corrected chi connectivity index (χ3v) is 7.89. The van der Waals surface area contributed by atoms with Crippen LogP contribution in [0.25, 0.3) is 22.3 Å². The molecule has 1 N–H and O–H groups in total. The maximum Gasteiger partial charge on any atom is 0.119 e. The summed E-state index contributed by atoms with van der Waals surface area (Å²) in [5.41, 5.74) is 10.2. The number of phenols is 1. The minimum absolute atomic E-state index is 0.179. The minimum atomic E-state index is 0.179. The number of benzene rings is 7. The molecule has 7 rings (SSSR count). The second-order valence-corrected chi connectivity index (χ2v) is 10.8. The van der Waals surface area contributed by atoms with E-state index in [2.05, 4.69) is 137 Å². The predicted octanol–water partition coefficient (Wildman–Crippen LogP) is 11.7. The minimum Gasteiger partial charge on any atom is -0.508 e. The molecule has 0 unspecified atom stereocenters. The van der Waals surface area contributed by atoms with Crippen molar-refractivity contribution < 1.29 is 5.11 Å². The number of hydrogen-bond donors (Lipinski definition) is 1. The molecule has 7 aromatic rings. The third-order valence-electron chi connectivity index (χ3n) is 7.89. The summed E-state index contributed by atoms with van der Waals surface area (Å²) in [6.07, 6.45) is 0. The van der Waals surface area contributed by atoms with E-state index in [1.54, 1.807) is 0 Å². The third kappa shape index (κ3) is 5.80. The average molecular weight is 581 g/mol. The van der Waals surface area contributed by atoms with Crippen molar-refractivity contribution in [3.63, 3.8) is 0 Å². The number of nitrogens with zero attached hydrogens (tertiary/aromatic N) is 2. The maximum absolute atomic E-state index is 11.4. The van der Waals surface area contributed by atoms with Gasteiger partial charge in [0, 0.05) is 34.6 Å². The predicted molar refractivity (Wildman–Crippen MR) is 188 cm³/mol. The molecular formula is C42H32N2O. The van der Waals surface area contributed by atoms with E-state index in [4.69, 9.17) is 0 Å². The molecule has 0 saturated heterocycles. The molecule has 45 heavy (non-hydrogen) atoms. The van der Waals surface area contributed by atoms with Crippen molar-refractivity contribution in [3.05, 3.63) is 188 Å². The standard InChI is InChI=1S/C42H32N2O/c45-38-30-36(43(34-21-9-3-10-22-34)41-27-15-13-25-39(41)32-17-5-1-6-18-32)29-37(31-38)44(35-23-11-4-12-24-35)42-28-16-14-26-40(42)33-19-7-2-8-20-33/h1-31,45H. The van der Waals surface area contributed by atoms with Crippen LogP contribution in [0.3, 0.4) is 0 Å². The summed E-state index contributed by atoms with van der Waals surface area (Å²) in [4.78, 5) is 4.44. The van der Waals surface area contributed by atoms with Crippen LogP contribution in [0, 0.1) is 0 Å². The summed E-state index contributed by atoms with van der Waals surface area (Å²) >= 11 is 0. The summed E-state index contributed by atoms with van der Waals surface area (Å²) in [5, 5.41) is 11.4. The molecule has 0 atom stereocenters. The van der Waals surface area contributed by atoms with Gasteiger partial charge in [-0.15, -0.1) is 0 Å². The van der Waals surface area contributed by atoms with Crippen LogP contribution in [0.4, 0.5) is 34.1 Å². The molecule has 0 bridgehead atoms. The Kier molecular flexibility index (Phi) is 7.81. The van der Waals surface area contributed by atoms with Gasteiger partial charge >= 0.3 is 0 Å². The summed E-state index contributed by atoms with van der Waals surface area (Å²) in [7, 11) is 0. The lowest BCUT2D eigenvalue weighted by atomic mass is 10.0. The van der Waals surface area contributed by atoms with Crippen LogP contribution in [0.2, 0.25) is 0 Å². The number of phenolic OH excluding ortho intramolecular Hbond substituents is 1. The zero-order valence-corrected chi connectivity index (χ0v) is 24.7. The van der Waals surface area contributed by atoms with Crippen molar-refractivity contribution in [1.29, 1.82) is 0 Å². The quantitative estimate of drug-likeness (QED) is 0.194. The van der Waals surface area contributed by atoms with Gasteiger partial charge in [0.15, 0.2) is 0 Å². The fraction of sp³-hybridized carbons (Fsp3) is 0. The Labute approximate surface area is 264 Å². The molecular weight excluding hydrogens is 548 g/mol. The Hall–Kier alpha value is -6.06. The molecule has 216 valence electrons. The second-order valence-electron chi connectivity index (χ2n) is 10.8. The van der Waals surface area contributed by atoms with Crippen LogP contribution in [0.15, 0.2) is 188 Å². The Bertz CT molecular complexity index is 1860. The highest BCUT2D eigenvalue weighted by atomic mass is 16.3. The van der Waals surface area contributed by atoms with Crippen molar-refractivity contribution in [1.82, 2.24) is 0 Å². The van der Waals surface area contributed by atoms with Crippen LogP contribution >= 0.6 is 0 Å². The fourth-order valence-corrected chi connectivity index (χ4v) is 5.91. The first-order valence-corrected chi connectivity index (χ1v) is 15.1. The summed E-state index contributed by atoms with van der Waals surface area (Å²) < 4.78 is 0. The van der Waals surface area contributed by atoms with E-state index in [-0.39, 0.29) is 5.75 Å². The summed E-state index contributed by atoms with van der Waals surface area (Å²) in [6, 6.07) is 64.2. The van der Waals surface area contributed by atoms with Gasteiger partial charge in [0.2, 0.25) is 0 Å². The van der Waals surface area contributed by atoms with Crippen LogP contribution in [-0.4, -0.2) is 5.11 Å². The highest BCUT2D eigenvalue weighted by Crippen LogP contribution is 2.46. The zero-order valence-electron chi connectivity index (χ0n) is 24.7. The number of rotatable bonds is 8. The SMILES string of the molecule is Oc1cc(N(c2ccccc2)c2ccccc2-c2ccccc2)cc(N(c2ccccc2)c2ccccc2-c2ccccc2)c1. The van der Waals surface area contributed by atoms with Gasteiger partial charge in [0.05, 0.1) is 22.7 Å². The second kappa shape index (κ2) is 12.7. The van der Waals surface area contributed by atoms with Gasteiger partial charge in [-0.3, -0.25) is 0 Å². The lowest BCUT2D eigenvalue weighted by Crippen LogP contribution is -2.14. The van der Waals surface area contributed by atoms with Crippen molar-refractivity contribution in [2.75, 3.05) is 9.80 Å². The largest absolute Gasteiger partial charge is 0.508 e. The maximum atomic E-state index is 11.4. The monoisotopic (exact) mass is 580 g/mol. The lowest BCUT2D eigenvalue weighted by Gasteiger charge is -2.31. The number of hydrogen-bond acceptors (Lipinski definition) is 3. The van der Waals surface area contributed by atoms with Crippen LogP contribution in [0.1, 0.15) is 0 Å². The fourth-order valence-electron chi connectivity index (χ4n) is 5.91. The van der Waals surface area contributed by atoms with Crippen LogP contribution in [0.5, 0.6) is 5.75 Å². The average Bonchev–Trinajstić information content (AvgIpc) is 3.11. The van der Waals surface area contributed by atoms with E-state index < -0.39 is 0 Å². The number of para-hydroxylation sites is 4. The van der Waals surface area contributed by atoms with E-state index in [9.17, 15) is 5.11 Å². The Morgan fingerprint density at radius 2 is 0.644 bits per heavy atom. The molecule has 0 amide bonds. The Morgan fingerprint density at radius 3 is 1.04 bits per heavy atom. The molecule has 0 aromatic heterocycles. The van der Waals surface area contributed by atoms with Gasteiger partial charge in [-0.05, 0) is 53.6 Å². The zero-order chi connectivity index (χ0) is 30.4. The van der Waals surface area contributed by atoms with Crippen LogP contribution < -0.4 is 9.80 Å². The van der Waals surface area contributed by atoms with Crippen molar-refractivity contribution in [2.45, 2.75) is 0 Å². The molecule has 0 saturated carbocycles. The Balaban J connectivity index is 1.45. The van der Waals surface area contributed by atoms with E-state index in [0.29, 0.717) is 0 Å². The van der Waals surface area contributed by atoms with Crippen molar-refractivity contribution in [3.8, 4) is 28.0 Å². The summed E-state index contributed by atoms with van der Waals surface area (Å²) in [6.45, 7) is 0. The van der Waals surface area contributed by atoms with Crippen LogP contribution in [-0.2, 0) is 0 Å². The molecule has 7 aromatic carbocycles. The topological polar surface area (TPSA) is 26.7 Å². The van der Waals surface area contributed by atoms with E-state index in [1.807, 2.05) is 60.7 Å². The molecule has 3 nitrogen and oxygen atoms in total. The molecule has 0 aliphatic carbocycles. The van der Waals surface area contributed by atoms with E-state index in [1.165, 1.54) is 0 Å².